The van der Waals surface area contributed by atoms with Crippen LogP contribution >= 0.6 is 0 Å². The Bertz CT molecular complexity index is 231. The minimum Gasteiger partial charge on any atom is -0.294 e. The van der Waals surface area contributed by atoms with Gasteiger partial charge in [-0.3, -0.25) is 9.80 Å². The lowest BCUT2D eigenvalue weighted by molar-refractivity contribution is 0.0955. The van der Waals surface area contributed by atoms with Crippen LogP contribution in [0.1, 0.15) is 54.4 Å². The Kier molecular flexibility index (Phi) is 2.87. The fraction of sp³-hybridized carbons (Fsp3) is 1.00. The van der Waals surface area contributed by atoms with Crippen molar-refractivity contribution in [2.75, 3.05) is 13.1 Å². The molecule has 2 saturated heterocycles. The minimum absolute atomic E-state index is 0.341. The summed E-state index contributed by atoms with van der Waals surface area (Å²) in [7, 11) is 0. The van der Waals surface area contributed by atoms with Crippen LogP contribution in [0.25, 0.3) is 0 Å². The number of nitrogens with zero attached hydrogens (tertiary/aromatic N) is 2. The third kappa shape index (κ3) is 2.02. The molecule has 0 aromatic carbocycles. The highest BCUT2D eigenvalue weighted by Crippen LogP contribution is 2.38. The number of likely N-dealkylation sites (tertiary alicyclic amines) is 2. The summed E-state index contributed by atoms with van der Waals surface area (Å²) >= 11 is 0. The summed E-state index contributed by atoms with van der Waals surface area (Å²) in [4.78, 5) is 5.45. The summed E-state index contributed by atoms with van der Waals surface area (Å²) in [5.41, 5.74) is 0.681. The smallest absolute Gasteiger partial charge is 0.0269 e. The Morgan fingerprint density at radius 2 is 1.00 bits per heavy atom. The Balaban J connectivity index is 2.13. The molecule has 0 aromatic rings. The van der Waals surface area contributed by atoms with E-state index in [2.05, 4.69) is 51.3 Å². The molecule has 2 atom stereocenters. The minimum atomic E-state index is 0.341. The van der Waals surface area contributed by atoms with Gasteiger partial charge in [0.05, 0.1) is 0 Å². The van der Waals surface area contributed by atoms with Crippen molar-refractivity contribution in [3.8, 4) is 0 Å². The molecule has 16 heavy (non-hydrogen) atoms. The van der Waals surface area contributed by atoms with Gasteiger partial charge in [-0.25, -0.2) is 0 Å². The first-order valence-corrected chi connectivity index (χ1v) is 6.75. The fourth-order valence-electron chi connectivity index (χ4n) is 3.65. The third-order valence-electron chi connectivity index (χ3n) is 4.30. The van der Waals surface area contributed by atoms with Gasteiger partial charge in [-0.15, -0.1) is 0 Å². The summed E-state index contributed by atoms with van der Waals surface area (Å²) in [5.74, 6) is 0. The Morgan fingerprint density at radius 3 is 1.25 bits per heavy atom. The van der Waals surface area contributed by atoms with Crippen LogP contribution in [0, 0.1) is 0 Å². The zero-order valence-electron chi connectivity index (χ0n) is 11.9. The van der Waals surface area contributed by atoms with E-state index in [9.17, 15) is 0 Å². The van der Waals surface area contributed by atoms with E-state index in [1.54, 1.807) is 0 Å². The molecule has 2 heteroatoms. The summed E-state index contributed by atoms with van der Waals surface area (Å²) in [6.45, 7) is 16.7. The molecule has 2 aliphatic heterocycles. The molecule has 94 valence electrons. The highest BCUT2D eigenvalue weighted by molar-refractivity contribution is 5.04. The first-order chi connectivity index (χ1) is 7.21. The third-order valence-corrected chi connectivity index (χ3v) is 4.30. The summed E-state index contributed by atoms with van der Waals surface area (Å²) in [5, 5.41) is 0. The van der Waals surface area contributed by atoms with E-state index in [0.29, 0.717) is 11.1 Å². The van der Waals surface area contributed by atoms with Crippen molar-refractivity contribution in [2.24, 2.45) is 0 Å². The highest BCUT2D eigenvalue weighted by Gasteiger charge is 2.48. The molecule has 2 fully saturated rings. The van der Waals surface area contributed by atoms with Crippen LogP contribution < -0.4 is 0 Å². The second kappa shape index (κ2) is 3.71. The van der Waals surface area contributed by atoms with E-state index in [1.807, 2.05) is 0 Å². The molecule has 2 heterocycles. The monoisotopic (exact) mass is 224 g/mol. The maximum atomic E-state index is 2.73. The van der Waals surface area contributed by atoms with Gasteiger partial charge >= 0.3 is 0 Å². The van der Waals surface area contributed by atoms with Gasteiger partial charge in [-0.05, 0) is 54.4 Å². The lowest BCUT2D eigenvalue weighted by Crippen LogP contribution is -2.49. The zero-order valence-corrected chi connectivity index (χ0v) is 11.9. The number of rotatable bonds is 0. The van der Waals surface area contributed by atoms with Crippen LogP contribution in [-0.2, 0) is 0 Å². The van der Waals surface area contributed by atoms with Crippen LogP contribution in [0.15, 0.2) is 0 Å². The topological polar surface area (TPSA) is 6.48 Å². The van der Waals surface area contributed by atoms with Crippen LogP contribution in [0.3, 0.4) is 0 Å². The van der Waals surface area contributed by atoms with Gasteiger partial charge in [0.2, 0.25) is 0 Å². The number of hydrogen-bond acceptors (Lipinski definition) is 2. The predicted octanol–water partition coefficient (Wildman–Crippen LogP) is 2.73. The zero-order chi connectivity index (χ0) is 12.1. The van der Waals surface area contributed by atoms with Crippen molar-refractivity contribution in [1.29, 1.82) is 0 Å². The SMILES string of the molecule is CC(C)(C)N1CCC2C1CCN2C(C)(C)C. The normalized spacial score (nSPS) is 33.4. The number of hydrogen-bond donors (Lipinski definition) is 0. The average molecular weight is 224 g/mol. The second-order valence-electron chi connectivity index (χ2n) is 7.44. The summed E-state index contributed by atoms with van der Waals surface area (Å²) in [6.07, 6.45) is 2.72. The molecule has 0 aliphatic carbocycles. The van der Waals surface area contributed by atoms with Gasteiger partial charge in [0.1, 0.15) is 0 Å². The largest absolute Gasteiger partial charge is 0.294 e. The number of fused-ring (bicyclic) bond motifs is 1. The van der Waals surface area contributed by atoms with Crippen LogP contribution in [0.2, 0.25) is 0 Å². The predicted molar refractivity (Wildman–Crippen MR) is 69.7 cm³/mol. The standard InChI is InChI=1S/C14H28N2/c1-13(2,3)15-9-7-12-11(15)8-10-16(12)14(4,5)6/h11-12H,7-10H2,1-6H3. The second-order valence-corrected chi connectivity index (χ2v) is 7.44. The molecular weight excluding hydrogens is 196 g/mol. The highest BCUT2D eigenvalue weighted by atomic mass is 15.4. The average Bonchev–Trinajstić information content (AvgIpc) is 2.54. The molecule has 2 rings (SSSR count). The molecule has 2 unspecified atom stereocenters. The molecule has 0 spiro atoms. The lowest BCUT2D eigenvalue weighted by Gasteiger charge is -2.38. The Hall–Kier alpha value is -0.0800. The summed E-state index contributed by atoms with van der Waals surface area (Å²) < 4.78 is 0. The van der Waals surface area contributed by atoms with E-state index >= 15 is 0 Å². The first-order valence-electron chi connectivity index (χ1n) is 6.75. The van der Waals surface area contributed by atoms with Gasteiger partial charge in [0.15, 0.2) is 0 Å². The fourth-order valence-corrected chi connectivity index (χ4v) is 3.65. The quantitative estimate of drug-likeness (QED) is 0.624. The Morgan fingerprint density at radius 1 is 0.688 bits per heavy atom. The van der Waals surface area contributed by atoms with Crippen molar-refractivity contribution in [3.63, 3.8) is 0 Å². The van der Waals surface area contributed by atoms with Gasteiger partial charge in [0, 0.05) is 36.3 Å². The van der Waals surface area contributed by atoms with Crippen molar-refractivity contribution < 1.29 is 0 Å². The van der Waals surface area contributed by atoms with Gasteiger partial charge in [-0.1, -0.05) is 0 Å². The van der Waals surface area contributed by atoms with Crippen molar-refractivity contribution in [2.45, 2.75) is 77.5 Å². The van der Waals surface area contributed by atoms with Crippen LogP contribution in [0.5, 0.6) is 0 Å². The summed E-state index contributed by atoms with van der Waals surface area (Å²) in [6, 6.07) is 1.61. The van der Waals surface area contributed by atoms with Crippen LogP contribution in [0.4, 0.5) is 0 Å². The molecule has 0 saturated carbocycles. The molecule has 2 aliphatic rings. The van der Waals surface area contributed by atoms with E-state index in [-0.39, 0.29) is 0 Å². The van der Waals surface area contributed by atoms with E-state index in [4.69, 9.17) is 0 Å². The Labute approximate surface area is 101 Å². The lowest BCUT2D eigenvalue weighted by atomic mass is 10.0. The molecule has 2 nitrogen and oxygen atoms in total. The van der Waals surface area contributed by atoms with Gasteiger partial charge in [0.25, 0.3) is 0 Å². The van der Waals surface area contributed by atoms with Crippen molar-refractivity contribution >= 4 is 0 Å². The first kappa shape index (κ1) is 12.4. The molecule has 0 N–H and O–H groups in total. The van der Waals surface area contributed by atoms with Crippen molar-refractivity contribution in [1.82, 2.24) is 9.80 Å². The van der Waals surface area contributed by atoms with E-state index < -0.39 is 0 Å². The van der Waals surface area contributed by atoms with Gasteiger partial charge < -0.3 is 0 Å². The molecule has 0 amide bonds. The van der Waals surface area contributed by atoms with E-state index in [0.717, 1.165) is 12.1 Å². The molecule has 0 bridgehead atoms. The van der Waals surface area contributed by atoms with Gasteiger partial charge in [-0.2, -0.15) is 0 Å². The maximum Gasteiger partial charge on any atom is 0.0269 e. The molecule has 0 radical (unpaired) electrons. The van der Waals surface area contributed by atoms with Crippen LogP contribution in [-0.4, -0.2) is 46.1 Å². The van der Waals surface area contributed by atoms with E-state index in [1.165, 1.54) is 25.9 Å². The molecular formula is C14H28N2. The van der Waals surface area contributed by atoms with Crippen molar-refractivity contribution in [3.05, 3.63) is 0 Å². The maximum absolute atomic E-state index is 2.73. The molecule has 0 aromatic heterocycles.